The van der Waals surface area contributed by atoms with Crippen LogP contribution < -0.4 is 10.6 Å². The number of nitrogens with zero attached hydrogens (tertiary/aromatic N) is 1. The zero-order valence-corrected chi connectivity index (χ0v) is 52.4. The lowest BCUT2D eigenvalue weighted by Gasteiger charge is -2.32. The molecular formula is C63H115N3O14. The monoisotopic (exact) mass is 1140 g/mol. The fourth-order valence-corrected chi connectivity index (χ4v) is 9.14. The van der Waals surface area contributed by atoms with Gasteiger partial charge in [0.1, 0.15) is 35.0 Å². The predicted octanol–water partition coefficient (Wildman–Crippen LogP) is 13.1. The maximum atomic E-state index is 14.2. The topological polar surface area (TPSA) is 230 Å². The molecule has 0 saturated heterocycles. The van der Waals surface area contributed by atoms with Gasteiger partial charge in [-0.2, -0.15) is 0 Å². The van der Waals surface area contributed by atoms with Crippen LogP contribution in [0.3, 0.4) is 0 Å². The molecule has 1 atom stereocenters. The van der Waals surface area contributed by atoms with Gasteiger partial charge < -0.3 is 39.4 Å². The molecule has 17 nitrogen and oxygen atoms in total. The Morgan fingerprint density at radius 2 is 0.738 bits per heavy atom. The molecule has 0 aliphatic carbocycles. The predicted molar refractivity (Wildman–Crippen MR) is 315 cm³/mol. The van der Waals surface area contributed by atoms with E-state index in [9.17, 15) is 38.4 Å². The van der Waals surface area contributed by atoms with Gasteiger partial charge in [-0.25, -0.2) is 9.59 Å². The Balaban J connectivity index is 5.28. The van der Waals surface area contributed by atoms with Crippen molar-refractivity contribution in [1.82, 2.24) is 15.5 Å². The SMILES string of the molecule is CC(C)(C)OC(=O)CCCCCCCCCCCCCCCCC(=O)N(C(=O)CCCCCCCCCCCCCCCCC(=O)OC(C)(C)C)C(CCC(=O)NC(C)(C)C(=O)NCCOCCOCC(=O)O)C(=O)OC(C)(C)C. The van der Waals surface area contributed by atoms with Crippen LogP contribution in [0.5, 0.6) is 0 Å². The van der Waals surface area contributed by atoms with Crippen LogP contribution in [-0.2, 0) is 62.0 Å². The molecule has 80 heavy (non-hydrogen) atoms. The molecule has 0 aliphatic heterocycles. The third-order valence-corrected chi connectivity index (χ3v) is 13.2. The highest BCUT2D eigenvalue weighted by atomic mass is 16.6. The van der Waals surface area contributed by atoms with Crippen LogP contribution in [0.1, 0.15) is 294 Å². The van der Waals surface area contributed by atoms with Crippen LogP contribution in [0.4, 0.5) is 0 Å². The normalized spacial score (nSPS) is 12.4. The number of hydrogen-bond donors (Lipinski definition) is 3. The summed E-state index contributed by atoms with van der Waals surface area (Å²) >= 11 is 0. The van der Waals surface area contributed by atoms with Gasteiger partial charge in [-0.15, -0.1) is 0 Å². The van der Waals surface area contributed by atoms with E-state index in [1.807, 2.05) is 41.5 Å². The average Bonchev–Trinajstić information content (AvgIpc) is 3.33. The first-order valence-electron chi connectivity index (χ1n) is 31.1. The highest BCUT2D eigenvalue weighted by Gasteiger charge is 2.38. The molecule has 0 bridgehead atoms. The lowest BCUT2D eigenvalue weighted by molar-refractivity contribution is -0.169. The highest BCUT2D eigenvalue weighted by molar-refractivity contribution is 6.00. The second-order valence-electron chi connectivity index (χ2n) is 25.3. The first-order chi connectivity index (χ1) is 37.6. The summed E-state index contributed by atoms with van der Waals surface area (Å²) in [6.07, 6.45) is 30.2. The number of carbonyl (C=O) groups excluding carboxylic acids is 7. The van der Waals surface area contributed by atoms with E-state index in [0.29, 0.717) is 25.7 Å². The van der Waals surface area contributed by atoms with Gasteiger partial charge in [-0.1, -0.05) is 154 Å². The molecule has 0 radical (unpaired) electrons. The maximum absolute atomic E-state index is 14.2. The average molecular weight is 1140 g/mol. The Bertz CT molecular complexity index is 1660. The van der Waals surface area contributed by atoms with E-state index in [4.69, 9.17) is 28.8 Å². The van der Waals surface area contributed by atoms with Crippen molar-refractivity contribution in [1.29, 1.82) is 0 Å². The van der Waals surface area contributed by atoms with Crippen molar-refractivity contribution in [2.24, 2.45) is 0 Å². The molecular weight excluding hydrogens is 1020 g/mol. The molecule has 0 aliphatic rings. The third-order valence-electron chi connectivity index (χ3n) is 13.2. The van der Waals surface area contributed by atoms with Crippen LogP contribution >= 0.6 is 0 Å². The number of unbranched alkanes of at least 4 members (excludes halogenated alkanes) is 26. The summed E-state index contributed by atoms with van der Waals surface area (Å²) in [4.78, 5) is 104. The number of ether oxygens (including phenoxy) is 5. The highest BCUT2D eigenvalue weighted by Crippen LogP contribution is 2.22. The summed E-state index contributed by atoms with van der Waals surface area (Å²) in [7, 11) is 0. The fourth-order valence-electron chi connectivity index (χ4n) is 9.14. The molecule has 0 rings (SSSR count). The van der Waals surface area contributed by atoms with Gasteiger partial charge in [0, 0.05) is 38.6 Å². The molecule has 0 fully saturated rings. The molecule has 0 heterocycles. The van der Waals surface area contributed by atoms with Gasteiger partial charge in [-0.05, 0) is 108 Å². The minimum absolute atomic E-state index is 0.0818. The number of nitrogens with one attached hydrogen (secondary N) is 2. The number of hydrogen-bond acceptors (Lipinski definition) is 13. The number of aliphatic carboxylic acids is 1. The Morgan fingerprint density at radius 3 is 1.07 bits per heavy atom. The molecule has 0 saturated carbocycles. The van der Waals surface area contributed by atoms with Crippen molar-refractivity contribution < 1.29 is 67.1 Å². The van der Waals surface area contributed by atoms with Crippen molar-refractivity contribution in [3.63, 3.8) is 0 Å². The van der Waals surface area contributed by atoms with Crippen LogP contribution in [0.2, 0.25) is 0 Å². The largest absolute Gasteiger partial charge is 0.480 e. The number of carboxylic acid groups (broad SMARTS) is 1. The standard InChI is InChI=1S/C63H115N3O14/c1-60(2,3)78-56(72)42-38-34-30-26-22-18-14-12-16-20-24-28-32-36-40-53(68)66(54(69)41-37-33-29-25-21-17-13-15-19-23-27-31-35-39-43-57(73)79-61(4,5)6)51(58(74)80-62(7,8)9)44-45-52(67)65-63(10,11)59(75)64-46-47-76-48-49-77-50-55(70)71/h51H,12-50H2,1-11H3,(H,64,75)(H,65,67)(H,70,71). The second-order valence-corrected chi connectivity index (χ2v) is 25.3. The van der Waals surface area contributed by atoms with E-state index < -0.39 is 70.6 Å². The van der Waals surface area contributed by atoms with Crippen molar-refractivity contribution >= 4 is 47.5 Å². The number of carbonyl (C=O) groups is 8. The molecule has 0 aromatic carbocycles. The van der Waals surface area contributed by atoms with E-state index in [1.54, 1.807) is 34.6 Å². The summed E-state index contributed by atoms with van der Waals surface area (Å²) < 4.78 is 26.9. The van der Waals surface area contributed by atoms with Crippen molar-refractivity contribution in [3.05, 3.63) is 0 Å². The molecule has 1 unspecified atom stereocenters. The molecule has 466 valence electrons. The molecule has 0 aromatic heterocycles. The van der Waals surface area contributed by atoms with Crippen molar-refractivity contribution in [2.45, 2.75) is 323 Å². The summed E-state index contributed by atoms with van der Waals surface area (Å²) in [6.45, 7) is 19.6. The zero-order chi connectivity index (χ0) is 60.3. The van der Waals surface area contributed by atoms with Crippen molar-refractivity contribution in [2.75, 3.05) is 33.0 Å². The molecule has 3 N–H and O–H groups in total. The van der Waals surface area contributed by atoms with Gasteiger partial charge in [0.25, 0.3) is 0 Å². The zero-order valence-electron chi connectivity index (χ0n) is 52.4. The summed E-state index contributed by atoms with van der Waals surface area (Å²) in [5.74, 6) is -4.01. The van der Waals surface area contributed by atoms with E-state index in [1.165, 1.54) is 64.2 Å². The molecule has 0 aromatic rings. The maximum Gasteiger partial charge on any atom is 0.329 e. The van der Waals surface area contributed by atoms with Gasteiger partial charge in [0.2, 0.25) is 23.6 Å². The Hall–Kier alpha value is -4.12. The lowest BCUT2D eigenvalue weighted by atomic mass is 10.0. The first-order valence-corrected chi connectivity index (χ1v) is 31.1. The third kappa shape index (κ3) is 46.5. The molecule has 17 heteroatoms. The van der Waals surface area contributed by atoms with Crippen LogP contribution in [0.25, 0.3) is 0 Å². The number of rotatable bonds is 49. The van der Waals surface area contributed by atoms with E-state index in [2.05, 4.69) is 10.6 Å². The van der Waals surface area contributed by atoms with Gasteiger partial charge in [0.15, 0.2) is 0 Å². The van der Waals surface area contributed by atoms with E-state index >= 15 is 0 Å². The van der Waals surface area contributed by atoms with Gasteiger partial charge >= 0.3 is 23.9 Å². The van der Waals surface area contributed by atoms with Crippen LogP contribution in [0.15, 0.2) is 0 Å². The number of esters is 3. The Labute approximate surface area is 484 Å². The smallest absolute Gasteiger partial charge is 0.329 e. The summed E-state index contributed by atoms with van der Waals surface area (Å²) in [5, 5.41) is 14.1. The Morgan fingerprint density at radius 1 is 0.412 bits per heavy atom. The minimum Gasteiger partial charge on any atom is -0.480 e. The molecule has 0 spiro atoms. The van der Waals surface area contributed by atoms with Gasteiger partial charge in [0.05, 0.1) is 19.8 Å². The lowest BCUT2D eigenvalue weighted by Crippen LogP contribution is -2.55. The molecule has 4 amide bonds. The van der Waals surface area contributed by atoms with E-state index in [0.717, 1.165) is 108 Å². The number of amides is 4. The quantitative estimate of drug-likeness (QED) is 0.0292. The minimum atomic E-state index is -1.35. The number of carboxylic acids is 1. The van der Waals surface area contributed by atoms with E-state index in [-0.39, 0.29) is 64.0 Å². The number of imide groups is 1. The summed E-state index contributed by atoms with van der Waals surface area (Å²) in [5.41, 5.74) is -3.14. The fraction of sp³-hybridized carbons (Fsp3) is 0.873. The first kappa shape index (κ1) is 75.9. The Kier molecular flexibility index (Phi) is 42.2. The van der Waals surface area contributed by atoms with Crippen LogP contribution in [0, 0.1) is 0 Å². The van der Waals surface area contributed by atoms with Gasteiger partial charge in [-0.3, -0.25) is 33.7 Å². The van der Waals surface area contributed by atoms with Crippen molar-refractivity contribution in [3.8, 4) is 0 Å². The summed E-state index contributed by atoms with van der Waals surface area (Å²) in [6, 6.07) is -1.33. The second kappa shape index (κ2) is 44.5. The van der Waals surface area contributed by atoms with Crippen LogP contribution in [-0.4, -0.2) is 119 Å².